The van der Waals surface area contributed by atoms with Crippen molar-refractivity contribution in [1.29, 1.82) is 0 Å². The Hall–Kier alpha value is 0.936. The fourth-order valence-corrected chi connectivity index (χ4v) is 0.307. The van der Waals surface area contributed by atoms with Crippen LogP contribution in [0.5, 0.6) is 0 Å². The Morgan fingerprint density at radius 3 is 2.70 bits per heavy atom. The average Bonchev–Trinajstić information content (AvgIpc) is 1.87. The molecule has 0 aliphatic heterocycles. The number of halogens is 1. The monoisotopic (exact) mass is 190 g/mol. The van der Waals surface area contributed by atoms with Crippen LogP contribution in [-0.2, 0) is 9.53 Å². The number of aliphatic hydroxyl groups excluding tert-OH is 1. The predicted octanol–water partition coefficient (Wildman–Crippen LogP) is -1.70. The number of ether oxygens (including phenoxy) is 1. The molecule has 0 radical (unpaired) electrons. The summed E-state index contributed by atoms with van der Waals surface area (Å²) < 4.78 is 4.40. The molecule has 0 aromatic carbocycles. The van der Waals surface area contributed by atoms with Gasteiger partial charge in [-0.2, -0.15) is 0 Å². The van der Waals surface area contributed by atoms with E-state index in [1.54, 1.807) is 6.92 Å². The normalized spacial score (nSPS) is 10.0. The number of esters is 1. The second-order valence-electron chi connectivity index (χ2n) is 1.20. The Balaban J connectivity index is -0.000000320. The zero-order valence-electron chi connectivity index (χ0n) is 6.93. The fraction of sp³-hybridized carbons (Fsp3) is 0.400. The van der Waals surface area contributed by atoms with Crippen LogP contribution in [0.2, 0.25) is 0 Å². The van der Waals surface area contributed by atoms with Gasteiger partial charge in [0, 0.05) is 0 Å². The van der Waals surface area contributed by atoms with Crippen LogP contribution in [0.3, 0.4) is 0 Å². The molecule has 0 unspecified atom stereocenters. The van der Waals surface area contributed by atoms with E-state index in [1.165, 1.54) is 0 Å². The summed E-state index contributed by atoms with van der Waals surface area (Å²) in [5.74, 6) is -0.707. The number of hydrogen-bond acceptors (Lipinski definition) is 3. The Kier molecular flexibility index (Phi) is 10.9. The summed E-state index contributed by atoms with van der Waals surface area (Å²) in [6.07, 6.45) is 0.500. The minimum Gasteiger partial charge on any atom is -1.00 e. The molecule has 0 amide bonds. The molecule has 1 N–H and O–H groups in total. The van der Waals surface area contributed by atoms with Gasteiger partial charge in [-0.1, -0.05) is 11.6 Å². The number of carbonyl (C=O) groups is 1. The van der Waals surface area contributed by atoms with Crippen molar-refractivity contribution >= 4 is 17.6 Å². The summed E-state index contributed by atoms with van der Waals surface area (Å²) in [4.78, 5) is 10.4. The summed E-state index contributed by atoms with van der Waals surface area (Å²) in [6, 6.07) is 0. The van der Waals surface area contributed by atoms with Crippen molar-refractivity contribution in [2.75, 3.05) is 6.61 Å². The first-order chi connectivity index (χ1) is 4.22. The third-order valence-electron chi connectivity index (χ3n) is 0.584. The van der Waals surface area contributed by atoms with Gasteiger partial charge in [0.05, 0.1) is 6.61 Å². The molecule has 0 aromatic heterocycles. The van der Waals surface area contributed by atoms with Crippen molar-refractivity contribution in [2.45, 2.75) is 6.92 Å². The minimum atomic E-state index is -0.707. The average molecular weight is 191 g/mol. The molecular formula is C5H8ClKO3. The van der Waals surface area contributed by atoms with Crippen molar-refractivity contribution in [1.82, 2.24) is 0 Å². The number of rotatable bonds is 2. The van der Waals surface area contributed by atoms with Gasteiger partial charge in [-0.05, 0) is 6.92 Å². The Labute approximate surface area is 108 Å². The van der Waals surface area contributed by atoms with Gasteiger partial charge in [0.25, 0.3) is 0 Å². The Morgan fingerprint density at radius 2 is 2.40 bits per heavy atom. The van der Waals surface area contributed by atoms with Crippen molar-refractivity contribution < 1.29 is 67.4 Å². The molecule has 0 aliphatic rings. The van der Waals surface area contributed by atoms with Crippen molar-refractivity contribution in [2.24, 2.45) is 0 Å². The largest absolute Gasteiger partial charge is 1.00 e. The number of hydrogen-bond donors (Lipinski definition) is 1. The topological polar surface area (TPSA) is 46.5 Å². The zero-order valence-corrected chi connectivity index (χ0v) is 9.81. The van der Waals surface area contributed by atoms with Gasteiger partial charge in [0.1, 0.15) is 6.26 Å². The molecule has 0 aliphatic carbocycles. The third kappa shape index (κ3) is 5.70. The molecule has 54 valence electrons. The van der Waals surface area contributed by atoms with Gasteiger partial charge in [-0.15, -0.1) is 0 Å². The quantitative estimate of drug-likeness (QED) is 0.245. The van der Waals surface area contributed by atoms with Gasteiger partial charge >= 0.3 is 57.4 Å². The van der Waals surface area contributed by atoms with E-state index in [2.05, 4.69) is 4.74 Å². The maximum absolute atomic E-state index is 10.4. The molecule has 5 heteroatoms. The first kappa shape index (κ1) is 13.5. The third-order valence-corrected chi connectivity index (χ3v) is 0.836. The molecule has 10 heavy (non-hydrogen) atoms. The van der Waals surface area contributed by atoms with Crippen LogP contribution in [0, 0.1) is 0 Å². The summed E-state index contributed by atoms with van der Waals surface area (Å²) in [7, 11) is 0. The van der Waals surface area contributed by atoms with E-state index in [9.17, 15) is 4.79 Å². The maximum atomic E-state index is 10.4. The van der Waals surface area contributed by atoms with Crippen LogP contribution in [-0.4, -0.2) is 17.7 Å². The summed E-state index contributed by atoms with van der Waals surface area (Å²) >= 11 is 5.13. The minimum absolute atomic E-state index is 0. The van der Waals surface area contributed by atoms with E-state index in [0.29, 0.717) is 6.26 Å². The van der Waals surface area contributed by atoms with E-state index in [-0.39, 0.29) is 64.5 Å². The molecular weight excluding hydrogens is 183 g/mol. The van der Waals surface area contributed by atoms with Gasteiger partial charge in [-0.25, -0.2) is 4.79 Å². The molecule has 0 saturated heterocycles. The van der Waals surface area contributed by atoms with Crippen molar-refractivity contribution in [3.63, 3.8) is 0 Å². The second kappa shape index (κ2) is 8.04. The molecule has 0 spiro atoms. The fourth-order valence-electron chi connectivity index (χ4n) is 0.253. The van der Waals surface area contributed by atoms with E-state index >= 15 is 0 Å². The van der Waals surface area contributed by atoms with E-state index in [1.807, 2.05) is 0 Å². The summed E-state index contributed by atoms with van der Waals surface area (Å²) in [5.41, 5.74) is 0. The van der Waals surface area contributed by atoms with E-state index in [4.69, 9.17) is 16.7 Å². The zero-order chi connectivity index (χ0) is 7.28. The smallest absolute Gasteiger partial charge is 1.00 e. The van der Waals surface area contributed by atoms with Crippen molar-refractivity contribution in [3.05, 3.63) is 11.3 Å². The number of carbonyl (C=O) groups excluding carboxylic acids is 1. The molecule has 0 aromatic rings. The van der Waals surface area contributed by atoms with Gasteiger partial charge in [0.15, 0.2) is 5.03 Å². The molecule has 0 heterocycles. The summed E-state index contributed by atoms with van der Waals surface area (Å²) in [6.45, 7) is 1.91. The first-order valence-corrected chi connectivity index (χ1v) is 2.77. The predicted molar refractivity (Wildman–Crippen MR) is 34.3 cm³/mol. The summed E-state index contributed by atoms with van der Waals surface area (Å²) in [5, 5.41) is 7.83. The molecule has 0 atom stereocenters. The Bertz CT molecular complexity index is 140. The number of aliphatic hydroxyl groups is 1. The van der Waals surface area contributed by atoms with Crippen LogP contribution in [0.4, 0.5) is 0 Å². The van der Waals surface area contributed by atoms with E-state index in [0.717, 1.165) is 0 Å². The van der Waals surface area contributed by atoms with Crippen LogP contribution in [0.25, 0.3) is 0 Å². The molecule has 0 saturated carbocycles. The maximum Gasteiger partial charge on any atom is 1.00 e. The molecule has 0 bridgehead atoms. The van der Waals surface area contributed by atoms with Crippen LogP contribution >= 0.6 is 11.6 Å². The Morgan fingerprint density at radius 1 is 1.90 bits per heavy atom. The van der Waals surface area contributed by atoms with Crippen molar-refractivity contribution in [3.8, 4) is 0 Å². The standard InChI is InChI=1S/C5H7ClO3.K.H/c1-2-9-5(8)4(6)3-7;;/h3,7H,2H2,1H3;;/q;+1;-1/b4-3-;;. The first-order valence-electron chi connectivity index (χ1n) is 2.39. The van der Waals surface area contributed by atoms with E-state index < -0.39 is 5.97 Å². The van der Waals surface area contributed by atoms with Gasteiger partial charge < -0.3 is 11.3 Å². The van der Waals surface area contributed by atoms with Crippen LogP contribution in [0.15, 0.2) is 11.3 Å². The molecule has 3 nitrogen and oxygen atoms in total. The molecule has 0 fully saturated rings. The van der Waals surface area contributed by atoms with Gasteiger partial charge in [0.2, 0.25) is 0 Å². The van der Waals surface area contributed by atoms with Crippen LogP contribution < -0.4 is 51.4 Å². The molecule has 0 rings (SSSR count). The van der Waals surface area contributed by atoms with Crippen LogP contribution in [0.1, 0.15) is 8.35 Å². The second-order valence-corrected chi connectivity index (χ2v) is 1.60. The van der Waals surface area contributed by atoms with Gasteiger partial charge in [-0.3, -0.25) is 0 Å². The SMILES string of the molecule is CCOC(=O)/C(Cl)=C/O.[H-].[K+].